The molecule has 33 heavy (non-hydrogen) atoms. The highest BCUT2D eigenvalue weighted by Crippen LogP contribution is 2.34. The second kappa shape index (κ2) is 9.10. The van der Waals surface area contributed by atoms with Crippen LogP contribution in [0.5, 0.6) is 0 Å². The van der Waals surface area contributed by atoms with E-state index in [9.17, 15) is 14.4 Å². The van der Waals surface area contributed by atoms with Crippen molar-refractivity contribution in [1.29, 1.82) is 0 Å². The quantitative estimate of drug-likeness (QED) is 0.714. The van der Waals surface area contributed by atoms with Crippen molar-refractivity contribution in [3.05, 3.63) is 65.4 Å². The number of carbonyl (C=O) groups is 3. The van der Waals surface area contributed by atoms with Crippen molar-refractivity contribution in [2.75, 3.05) is 36.4 Å². The third-order valence-corrected chi connectivity index (χ3v) is 6.06. The van der Waals surface area contributed by atoms with Crippen LogP contribution in [0.15, 0.2) is 54.2 Å². The molecule has 172 valence electrons. The summed E-state index contributed by atoms with van der Waals surface area (Å²) in [6.07, 6.45) is 0. The average Bonchev–Trinajstić information content (AvgIpc) is 3.04. The predicted molar refractivity (Wildman–Crippen MR) is 130 cm³/mol. The molecule has 1 saturated heterocycles. The van der Waals surface area contributed by atoms with Gasteiger partial charge in [-0.1, -0.05) is 24.3 Å². The zero-order valence-corrected chi connectivity index (χ0v) is 19.6. The van der Waals surface area contributed by atoms with Crippen molar-refractivity contribution >= 4 is 34.7 Å². The Morgan fingerprint density at radius 2 is 1.55 bits per heavy atom. The van der Waals surface area contributed by atoms with Gasteiger partial charge in [0.05, 0.1) is 5.57 Å². The lowest BCUT2D eigenvalue weighted by atomic mass is 10.0. The van der Waals surface area contributed by atoms with Gasteiger partial charge in [-0.15, -0.1) is 0 Å². The van der Waals surface area contributed by atoms with Crippen molar-refractivity contribution in [2.45, 2.75) is 33.7 Å². The molecular weight excluding hydrogens is 416 g/mol. The summed E-state index contributed by atoms with van der Waals surface area (Å²) in [7, 11) is 0. The first-order valence-corrected chi connectivity index (χ1v) is 11.3. The van der Waals surface area contributed by atoms with Crippen LogP contribution in [0, 0.1) is 6.92 Å². The van der Waals surface area contributed by atoms with E-state index in [2.05, 4.69) is 41.4 Å². The van der Waals surface area contributed by atoms with Crippen molar-refractivity contribution in [1.82, 2.24) is 9.80 Å². The number of hydrogen-bond acceptors (Lipinski definition) is 5. The standard InChI is InChI=1S/C26H30N4O3/c1-17(2)30-25(32)23(20-8-10-21(11-9-20)27-19(4)31)24(26(30)33)29-14-12-28(13-15-29)22-7-5-6-18(3)16-22/h5-11,16-17H,12-15H2,1-4H3,(H,27,31). The zero-order valence-electron chi connectivity index (χ0n) is 19.6. The van der Waals surface area contributed by atoms with E-state index in [1.165, 1.54) is 23.1 Å². The summed E-state index contributed by atoms with van der Waals surface area (Å²) < 4.78 is 0. The van der Waals surface area contributed by atoms with Gasteiger partial charge in [-0.25, -0.2) is 0 Å². The van der Waals surface area contributed by atoms with Gasteiger partial charge in [0.2, 0.25) is 5.91 Å². The van der Waals surface area contributed by atoms with E-state index in [1.54, 1.807) is 24.3 Å². The number of rotatable bonds is 5. The molecule has 2 aliphatic heterocycles. The minimum atomic E-state index is -0.265. The molecule has 2 aromatic carbocycles. The molecule has 7 heteroatoms. The van der Waals surface area contributed by atoms with Crippen LogP contribution in [0.25, 0.3) is 5.57 Å². The van der Waals surface area contributed by atoms with E-state index in [0.717, 1.165) is 13.1 Å². The molecule has 3 amide bonds. The summed E-state index contributed by atoms with van der Waals surface area (Å²) in [5.74, 6) is -0.662. The molecule has 0 unspecified atom stereocenters. The zero-order chi connectivity index (χ0) is 23.7. The van der Waals surface area contributed by atoms with Gasteiger partial charge in [-0.05, 0) is 56.2 Å². The normalized spacial score (nSPS) is 16.8. The monoisotopic (exact) mass is 446 g/mol. The SMILES string of the molecule is CC(=O)Nc1ccc(C2=C(N3CCN(c4cccc(C)c4)CC3)C(=O)N(C(C)C)C2=O)cc1. The molecule has 1 N–H and O–H groups in total. The maximum atomic E-state index is 13.4. The highest BCUT2D eigenvalue weighted by molar-refractivity contribution is 6.35. The Balaban J connectivity index is 1.64. The lowest BCUT2D eigenvalue weighted by Gasteiger charge is -2.38. The number of amides is 3. The van der Waals surface area contributed by atoms with Crippen LogP contribution in [-0.2, 0) is 14.4 Å². The number of nitrogens with one attached hydrogen (secondary N) is 1. The highest BCUT2D eigenvalue weighted by Gasteiger charge is 2.43. The minimum absolute atomic E-state index is 0.160. The second-order valence-corrected chi connectivity index (χ2v) is 8.87. The first kappa shape index (κ1) is 22.6. The number of nitrogens with zero attached hydrogens (tertiary/aromatic N) is 3. The van der Waals surface area contributed by atoms with Crippen LogP contribution in [-0.4, -0.2) is 59.7 Å². The van der Waals surface area contributed by atoms with Gasteiger partial charge in [-0.3, -0.25) is 19.3 Å². The van der Waals surface area contributed by atoms with E-state index in [-0.39, 0.29) is 23.8 Å². The minimum Gasteiger partial charge on any atom is -0.368 e. The average molecular weight is 447 g/mol. The maximum Gasteiger partial charge on any atom is 0.278 e. The maximum absolute atomic E-state index is 13.4. The van der Waals surface area contributed by atoms with Gasteiger partial charge in [0.1, 0.15) is 5.70 Å². The van der Waals surface area contributed by atoms with Gasteiger partial charge >= 0.3 is 0 Å². The first-order valence-electron chi connectivity index (χ1n) is 11.3. The van der Waals surface area contributed by atoms with Crippen molar-refractivity contribution in [2.24, 2.45) is 0 Å². The third-order valence-electron chi connectivity index (χ3n) is 6.06. The first-order chi connectivity index (χ1) is 15.8. The summed E-state index contributed by atoms with van der Waals surface area (Å²) >= 11 is 0. The van der Waals surface area contributed by atoms with Crippen LogP contribution in [0.2, 0.25) is 0 Å². The lowest BCUT2D eigenvalue weighted by Crippen LogP contribution is -2.48. The predicted octanol–water partition coefficient (Wildman–Crippen LogP) is 3.26. The van der Waals surface area contributed by atoms with Crippen molar-refractivity contribution < 1.29 is 14.4 Å². The molecule has 0 aliphatic carbocycles. The Kier molecular flexibility index (Phi) is 6.22. The molecule has 0 atom stereocenters. The molecule has 1 fully saturated rings. The Bertz CT molecular complexity index is 1110. The fourth-order valence-corrected chi connectivity index (χ4v) is 4.49. The highest BCUT2D eigenvalue weighted by atomic mass is 16.2. The summed E-state index contributed by atoms with van der Waals surface area (Å²) in [6.45, 7) is 10.1. The van der Waals surface area contributed by atoms with Gasteiger partial charge < -0.3 is 15.1 Å². The van der Waals surface area contributed by atoms with E-state index >= 15 is 0 Å². The molecule has 0 aromatic heterocycles. The fourth-order valence-electron chi connectivity index (χ4n) is 4.49. The molecule has 4 rings (SSSR count). The van der Waals surface area contributed by atoms with Crippen molar-refractivity contribution in [3.63, 3.8) is 0 Å². The molecule has 0 saturated carbocycles. The lowest BCUT2D eigenvalue weighted by molar-refractivity contribution is -0.139. The summed E-state index contributed by atoms with van der Waals surface area (Å²) in [6, 6.07) is 15.3. The molecule has 0 spiro atoms. The van der Waals surface area contributed by atoms with Crippen LogP contribution in [0.3, 0.4) is 0 Å². The summed E-state index contributed by atoms with van der Waals surface area (Å²) in [4.78, 5) is 43.8. The topological polar surface area (TPSA) is 73.0 Å². The van der Waals surface area contributed by atoms with Gasteiger partial charge in [-0.2, -0.15) is 0 Å². The number of carbonyl (C=O) groups excluding carboxylic acids is 3. The van der Waals surface area contributed by atoms with Gasteiger partial charge in [0, 0.05) is 50.5 Å². The van der Waals surface area contributed by atoms with Gasteiger partial charge in [0.25, 0.3) is 11.8 Å². The fraction of sp³-hybridized carbons (Fsp3) is 0.346. The Morgan fingerprint density at radius 1 is 0.909 bits per heavy atom. The molecule has 0 radical (unpaired) electrons. The molecule has 2 heterocycles. The summed E-state index contributed by atoms with van der Waals surface area (Å²) in [5, 5.41) is 2.74. The van der Waals surface area contributed by atoms with E-state index in [0.29, 0.717) is 35.6 Å². The Labute approximate surface area is 194 Å². The van der Waals surface area contributed by atoms with Crippen LogP contribution in [0.4, 0.5) is 11.4 Å². The number of imide groups is 1. The van der Waals surface area contributed by atoms with Crippen LogP contribution >= 0.6 is 0 Å². The molecule has 0 bridgehead atoms. The number of piperazine rings is 1. The van der Waals surface area contributed by atoms with E-state index in [4.69, 9.17) is 0 Å². The second-order valence-electron chi connectivity index (χ2n) is 8.87. The van der Waals surface area contributed by atoms with Crippen molar-refractivity contribution in [3.8, 4) is 0 Å². The van der Waals surface area contributed by atoms with E-state index in [1.807, 2.05) is 18.7 Å². The molecular formula is C26H30N4O3. The molecule has 2 aliphatic rings. The van der Waals surface area contributed by atoms with Gasteiger partial charge in [0.15, 0.2) is 0 Å². The Morgan fingerprint density at radius 3 is 2.12 bits per heavy atom. The van der Waals surface area contributed by atoms with E-state index < -0.39 is 0 Å². The number of benzene rings is 2. The third kappa shape index (κ3) is 4.49. The smallest absolute Gasteiger partial charge is 0.278 e. The number of aryl methyl sites for hydroxylation is 1. The summed E-state index contributed by atoms with van der Waals surface area (Å²) in [5.41, 5.74) is 4.64. The number of hydrogen-bond donors (Lipinski definition) is 1. The largest absolute Gasteiger partial charge is 0.368 e. The van der Waals surface area contributed by atoms with Crippen LogP contribution < -0.4 is 10.2 Å². The number of anilines is 2. The van der Waals surface area contributed by atoms with Crippen LogP contribution in [0.1, 0.15) is 31.9 Å². The molecule has 7 nitrogen and oxygen atoms in total. The molecule has 2 aromatic rings. The Hall–Kier alpha value is -3.61.